The van der Waals surface area contributed by atoms with Crippen LogP contribution in [0, 0.1) is 26.6 Å². The Bertz CT molecular complexity index is 816. The Labute approximate surface area is 161 Å². The van der Waals surface area contributed by atoms with E-state index in [0.717, 1.165) is 23.2 Å². The van der Waals surface area contributed by atoms with Crippen LogP contribution in [-0.2, 0) is 6.54 Å². The molecule has 144 valence electrons. The SMILES string of the molecule is Cc1cc(C)cc(CN(C)C(=O)N2CCNCC2c2ccc(F)cc2C)c1. The van der Waals surface area contributed by atoms with E-state index in [-0.39, 0.29) is 17.9 Å². The van der Waals surface area contributed by atoms with Gasteiger partial charge in [0.05, 0.1) is 6.04 Å². The van der Waals surface area contributed by atoms with Gasteiger partial charge in [-0.3, -0.25) is 0 Å². The van der Waals surface area contributed by atoms with Crippen molar-refractivity contribution in [1.29, 1.82) is 0 Å². The van der Waals surface area contributed by atoms with Crippen LogP contribution < -0.4 is 5.32 Å². The van der Waals surface area contributed by atoms with E-state index < -0.39 is 0 Å². The predicted octanol–water partition coefficient (Wildman–Crippen LogP) is 3.95. The third-order valence-electron chi connectivity index (χ3n) is 5.11. The van der Waals surface area contributed by atoms with E-state index in [1.54, 1.807) is 11.0 Å². The second-order valence-electron chi connectivity index (χ2n) is 7.55. The molecule has 3 rings (SSSR count). The van der Waals surface area contributed by atoms with Crippen molar-refractivity contribution in [3.63, 3.8) is 0 Å². The van der Waals surface area contributed by atoms with Gasteiger partial charge in [0, 0.05) is 33.2 Å². The molecule has 1 aliphatic heterocycles. The van der Waals surface area contributed by atoms with Gasteiger partial charge in [0.2, 0.25) is 0 Å². The summed E-state index contributed by atoms with van der Waals surface area (Å²) in [7, 11) is 1.84. The van der Waals surface area contributed by atoms with Gasteiger partial charge in [-0.1, -0.05) is 35.4 Å². The molecule has 1 unspecified atom stereocenters. The topological polar surface area (TPSA) is 35.6 Å². The number of amides is 2. The van der Waals surface area contributed by atoms with Gasteiger partial charge in [0.25, 0.3) is 0 Å². The zero-order chi connectivity index (χ0) is 19.6. The minimum atomic E-state index is -0.246. The number of rotatable bonds is 3. The molecule has 1 atom stereocenters. The molecular formula is C22H28FN3O. The Hall–Kier alpha value is -2.40. The second kappa shape index (κ2) is 8.09. The maximum absolute atomic E-state index is 13.5. The maximum Gasteiger partial charge on any atom is 0.320 e. The molecule has 0 radical (unpaired) electrons. The molecule has 5 heteroatoms. The molecule has 4 nitrogen and oxygen atoms in total. The van der Waals surface area contributed by atoms with E-state index in [0.29, 0.717) is 19.6 Å². The van der Waals surface area contributed by atoms with Crippen LogP contribution in [0.25, 0.3) is 0 Å². The Morgan fingerprint density at radius 3 is 2.56 bits per heavy atom. The highest BCUT2D eigenvalue weighted by molar-refractivity contribution is 5.75. The Morgan fingerprint density at radius 1 is 1.19 bits per heavy atom. The van der Waals surface area contributed by atoms with Crippen molar-refractivity contribution < 1.29 is 9.18 Å². The number of hydrogen-bond acceptors (Lipinski definition) is 2. The summed E-state index contributed by atoms with van der Waals surface area (Å²) in [6.07, 6.45) is 0. The lowest BCUT2D eigenvalue weighted by Gasteiger charge is -2.39. The fourth-order valence-corrected chi connectivity index (χ4v) is 3.95. The molecule has 0 aromatic heterocycles. The number of nitrogens with one attached hydrogen (secondary N) is 1. The molecule has 0 bridgehead atoms. The molecule has 1 saturated heterocycles. The highest BCUT2D eigenvalue weighted by Gasteiger charge is 2.30. The smallest absolute Gasteiger partial charge is 0.320 e. The van der Waals surface area contributed by atoms with Gasteiger partial charge in [0.1, 0.15) is 5.82 Å². The van der Waals surface area contributed by atoms with Crippen LogP contribution in [0.1, 0.15) is 33.9 Å². The van der Waals surface area contributed by atoms with Crippen LogP contribution >= 0.6 is 0 Å². The molecule has 1 heterocycles. The average molecular weight is 369 g/mol. The Morgan fingerprint density at radius 2 is 1.89 bits per heavy atom. The van der Waals surface area contributed by atoms with Gasteiger partial charge in [-0.25, -0.2) is 9.18 Å². The van der Waals surface area contributed by atoms with Gasteiger partial charge in [-0.2, -0.15) is 0 Å². The van der Waals surface area contributed by atoms with Gasteiger partial charge >= 0.3 is 6.03 Å². The van der Waals surface area contributed by atoms with Crippen molar-refractivity contribution in [2.75, 3.05) is 26.7 Å². The summed E-state index contributed by atoms with van der Waals surface area (Å²) in [6.45, 7) is 8.69. The van der Waals surface area contributed by atoms with Crippen LogP contribution in [0.3, 0.4) is 0 Å². The zero-order valence-electron chi connectivity index (χ0n) is 16.6. The molecule has 0 saturated carbocycles. The number of benzene rings is 2. The van der Waals surface area contributed by atoms with Crippen molar-refractivity contribution in [3.8, 4) is 0 Å². The van der Waals surface area contributed by atoms with Gasteiger partial charge in [0.15, 0.2) is 0 Å². The Balaban J connectivity index is 1.80. The van der Waals surface area contributed by atoms with E-state index >= 15 is 0 Å². The first-order valence-electron chi connectivity index (χ1n) is 9.41. The first-order chi connectivity index (χ1) is 12.8. The van der Waals surface area contributed by atoms with E-state index in [1.165, 1.54) is 23.3 Å². The van der Waals surface area contributed by atoms with E-state index in [9.17, 15) is 9.18 Å². The lowest BCUT2D eigenvalue weighted by molar-refractivity contribution is 0.126. The van der Waals surface area contributed by atoms with Crippen LogP contribution in [0.2, 0.25) is 0 Å². The lowest BCUT2D eigenvalue weighted by Crippen LogP contribution is -2.52. The fraction of sp³-hybridized carbons (Fsp3) is 0.409. The first-order valence-corrected chi connectivity index (χ1v) is 9.41. The van der Waals surface area contributed by atoms with Crippen molar-refractivity contribution in [1.82, 2.24) is 15.1 Å². The summed E-state index contributed by atoms with van der Waals surface area (Å²) in [5.41, 5.74) is 5.41. The fourth-order valence-electron chi connectivity index (χ4n) is 3.95. The first kappa shape index (κ1) is 19.4. The molecule has 2 amide bonds. The van der Waals surface area contributed by atoms with E-state index in [4.69, 9.17) is 0 Å². The molecular weight excluding hydrogens is 341 g/mol. The van der Waals surface area contributed by atoms with Gasteiger partial charge < -0.3 is 15.1 Å². The number of carbonyl (C=O) groups is 1. The minimum absolute atomic E-state index is 0.00406. The second-order valence-corrected chi connectivity index (χ2v) is 7.55. The number of urea groups is 1. The summed E-state index contributed by atoms with van der Waals surface area (Å²) in [5, 5.41) is 3.36. The van der Waals surface area contributed by atoms with Gasteiger partial charge in [-0.05, 0) is 49.6 Å². The highest BCUT2D eigenvalue weighted by Crippen LogP contribution is 2.27. The number of halogens is 1. The van der Waals surface area contributed by atoms with Crippen molar-refractivity contribution in [2.24, 2.45) is 0 Å². The maximum atomic E-state index is 13.5. The minimum Gasteiger partial charge on any atom is -0.323 e. The summed E-state index contributed by atoms with van der Waals surface area (Å²) in [4.78, 5) is 16.9. The molecule has 2 aromatic carbocycles. The monoisotopic (exact) mass is 369 g/mol. The van der Waals surface area contributed by atoms with E-state index in [2.05, 4.69) is 37.4 Å². The van der Waals surface area contributed by atoms with Crippen LogP contribution in [0.5, 0.6) is 0 Å². The number of nitrogens with zero attached hydrogens (tertiary/aromatic N) is 2. The number of piperazine rings is 1. The zero-order valence-corrected chi connectivity index (χ0v) is 16.6. The quantitative estimate of drug-likeness (QED) is 0.889. The third-order valence-corrected chi connectivity index (χ3v) is 5.11. The molecule has 1 aliphatic rings. The molecule has 1 fully saturated rings. The number of carbonyl (C=O) groups excluding carboxylic acids is 1. The van der Waals surface area contributed by atoms with Gasteiger partial charge in [-0.15, -0.1) is 0 Å². The van der Waals surface area contributed by atoms with E-state index in [1.807, 2.05) is 18.9 Å². The molecule has 27 heavy (non-hydrogen) atoms. The standard InChI is InChI=1S/C22H28FN3O/c1-15-9-16(2)11-18(10-15)14-25(4)22(27)26-8-7-24-13-21(26)20-6-5-19(23)12-17(20)3/h5-6,9-12,21,24H,7-8,13-14H2,1-4H3. The predicted molar refractivity (Wildman–Crippen MR) is 106 cm³/mol. The van der Waals surface area contributed by atoms with Crippen LogP contribution in [0.15, 0.2) is 36.4 Å². The number of hydrogen-bond donors (Lipinski definition) is 1. The molecule has 2 aromatic rings. The number of aryl methyl sites for hydroxylation is 3. The molecule has 0 spiro atoms. The van der Waals surface area contributed by atoms with Crippen molar-refractivity contribution in [2.45, 2.75) is 33.4 Å². The summed E-state index contributed by atoms with van der Waals surface area (Å²) >= 11 is 0. The third kappa shape index (κ3) is 4.48. The van der Waals surface area contributed by atoms with Crippen LogP contribution in [-0.4, -0.2) is 42.5 Å². The summed E-state index contributed by atoms with van der Waals surface area (Å²) in [6, 6.07) is 11.1. The normalized spacial score (nSPS) is 17.1. The Kier molecular flexibility index (Phi) is 5.80. The highest BCUT2D eigenvalue weighted by atomic mass is 19.1. The molecule has 1 N–H and O–H groups in total. The van der Waals surface area contributed by atoms with Crippen molar-refractivity contribution in [3.05, 3.63) is 70.0 Å². The summed E-state index contributed by atoms with van der Waals surface area (Å²) in [5.74, 6) is -0.246. The average Bonchev–Trinajstić information content (AvgIpc) is 2.60. The van der Waals surface area contributed by atoms with Crippen molar-refractivity contribution >= 4 is 6.03 Å². The lowest BCUT2D eigenvalue weighted by atomic mass is 9.98. The van der Waals surface area contributed by atoms with Crippen LogP contribution in [0.4, 0.5) is 9.18 Å². The molecule has 0 aliphatic carbocycles. The summed E-state index contributed by atoms with van der Waals surface area (Å²) < 4.78 is 13.5. The largest absolute Gasteiger partial charge is 0.323 e.